The fraction of sp³-hybridized carbons (Fsp3) is 0.0714. The molecular weight excluding hydrogens is 361 g/mol. The second kappa shape index (κ2) is 4.95. The first-order valence-corrected chi connectivity index (χ1v) is 7.42. The largest absolute Gasteiger partial charge is 0.369 e. The second-order valence-corrected chi connectivity index (χ2v) is 6.22. The molecule has 1 heterocycles. The molecule has 2 N–H and O–H groups in total. The number of imidazole rings is 1. The number of anilines is 1. The molecule has 0 aliphatic rings. The van der Waals surface area contributed by atoms with Gasteiger partial charge in [-0.15, -0.1) is 0 Å². The van der Waals surface area contributed by atoms with Crippen LogP contribution in [0.3, 0.4) is 0 Å². The minimum Gasteiger partial charge on any atom is -0.369 e. The summed E-state index contributed by atoms with van der Waals surface area (Å²) >= 11 is 15.6. The number of aromatic nitrogens is 2. The van der Waals surface area contributed by atoms with Gasteiger partial charge in [-0.2, -0.15) is 0 Å². The zero-order valence-electron chi connectivity index (χ0n) is 10.5. The highest BCUT2D eigenvalue weighted by Gasteiger charge is 2.14. The number of halogens is 3. The molecule has 0 unspecified atom stereocenters. The van der Waals surface area contributed by atoms with Crippen molar-refractivity contribution in [2.75, 3.05) is 5.73 Å². The van der Waals surface area contributed by atoms with Crippen molar-refractivity contribution in [2.24, 2.45) is 0 Å². The molecule has 0 amide bonds. The van der Waals surface area contributed by atoms with Crippen molar-refractivity contribution in [3.05, 3.63) is 50.4 Å². The lowest BCUT2D eigenvalue weighted by atomic mass is 10.2. The third-order valence-corrected chi connectivity index (χ3v) is 4.35. The van der Waals surface area contributed by atoms with Gasteiger partial charge in [0, 0.05) is 4.47 Å². The van der Waals surface area contributed by atoms with E-state index in [1.807, 2.05) is 29.7 Å². The number of fused-ring (bicyclic) bond motifs is 1. The van der Waals surface area contributed by atoms with Gasteiger partial charge in [-0.05, 0) is 36.8 Å². The van der Waals surface area contributed by atoms with E-state index in [2.05, 4.69) is 20.9 Å². The summed E-state index contributed by atoms with van der Waals surface area (Å²) in [7, 11) is 0. The maximum atomic E-state index is 6.10. The quantitative estimate of drug-likeness (QED) is 0.656. The molecule has 0 bridgehead atoms. The molecule has 0 saturated carbocycles. The van der Waals surface area contributed by atoms with Crippen LogP contribution in [0.25, 0.3) is 16.7 Å². The summed E-state index contributed by atoms with van der Waals surface area (Å²) in [5, 5.41) is 0.947. The Hall–Kier alpha value is -1.23. The van der Waals surface area contributed by atoms with Crippen molar-refractivity contribution < 1.29 is 0 Å². The van der Waals surface area contributed by atoms with Crippen LogP contribution < -0.4 is 5.73 Å². The molecule has 2 aromatic carbocycles. The Morgan fingerprint density at radius 1 is 1.15 bits per heavy atom. The minimum atomic E-state index is 0.402. The van der Waals surface area contributed by atoms with Gasteiger partial charge in [-0.1, -0.05) is 45.2 Å². The number of nitrogen functional groups attached to an aromatic ring is 1. The molecule has 0 fully saturated rings. The number of nitrogens with two attached hydrogens (primary N) is 1. The van der Waals surface area contributed by atoms with Crippen LogP contribution in [0.2, 0.25) is 10.0 Å². The van der Waals surface area contributed by atoms with Crippen molar-refractivity contribution in [3.8, 4) is 5.69 Å². The van der Waals surface area contributed by atoms with Gasteiger partial charge >= 0.3 is 0 Å². The predicted octanol–water partition coefficient (Wildman–Crippen LogP) is 4.99. The van der Waals surface area contributed by atoms with E-state index in [1.165, 1.54) is 0 Å². The highest BCUT2D eigenvalue weighted by atomic mass is 79.9. The number of rotatable bonds is 1. The van der Waals surface area contributed by atoms with E-state index in [-0.39, 0.29) is 0 Å². The Labute approximate surface area is 134 Å². The molecule has 0 aliphatic heterocycles. The summed E-state index contributed by atoms with van der Waals surface area (Å²) in [6, 6.07) is 9.50. The Bertz CT molecular complexity index is 827. The summed E-state index contributed by atoms with van der Waals surface area (Å²) in [4.78, 5) is 4.34. The van der Waals surface area contributed by atoms with Crippen molar-refractivity contribution in [3.63, 3.8) is 0 Å². The molecular formula is C14H10BrCl2N3. The standard InChI is InChI=1S/C14H10BrCl2N3/c1-7-2-3-8(15)4-12(7)20-13-6-10(17)9(16)5-11(13)19-14(20)18/h2-6H,1H3,(H2,18,19). The maximum absolute atomic E-state index is 6.10. The highest BCUT2D eigenvalue weighted by Crippen LogP contribution is 2.32. The van der Waals surface area contributed by atoms with Crippen LogP contribution in [0, 0.1) is 6.92 Å². The molecule has 102 valence electrons. The smallest absolute Gasteiger partial charge is 0.205 e. The van der Waals surface area contributed by atoms with E-state index in [0.717, 1.165) is 26.8 Å². The number of hydrogen-bond acceptors (Lipinski definition) is 2. The van der Waals surface area contributed by atoms with Gasteiger partial charge in [-0.25, -0.2) is 4.98 Å². The molecule has 0 aliphatic carbocycles. The van der Waals surface area contributed by atoms with E-state index in [4.69, 9.17) is 28.9 Å². The Morgan fingerprint density at radius 3 is 2.60 bits per heavy atom. The molecule has 6 heteroatoms. The van der Waals surface area contributed by atoms with Crippen molar-refractivity contribution in [1.82, 2.24) is 9.55 Å². The third kappa shape index (κ3) is 2.18. The fourth-order valence-corrected chi connectivity index (χ4v) is 2.83. The van der Waals surface area contributed by atoms with Crippen LogP contribution in [-0.2, 0) is 0 Å². The van der Waals surface area contributed by atoms with Gasteiger partial charge in [0.05, 0.1) is 26.8 Å². The van der Waals surface area contributed by atoms with Crippen LogP contribution in [0.1, 0.15) is 5.56 Å². The lowest BCUT2D eigenvalue weighted by Crippen LogP contribution is -2.02. The molecule has 1 aromatic heterocycles. The molecule has 0 radical (unpaired) electrons. The van der Waals surface area contributed by atoms with Crippen LogP contribution in [0.4, 0.5) is 5.95 Å². The van der Waals surface area contributed by atoms with E-state index in [0.29, 0.717) is 16.0 Å². The van der Waals surface area contributed by atoms with E-state index in [9.17, 15) is 0 Å². The summed E-state index contributed by atoms with van der Waals surface area (Å²) in [6.45, 7) is 2.02. The first kappa shape index (κ1) is 13.7. The van der Waals surface area contributed by atoms with Crippen molar-refractivity contribution >= 4 is 56.1 Å². The highest BCUT2D eigenvalue weighted by molar-refractivity contribution is 9.10. The number of nitrogens with zero attached hydrogens (tertiary/aromatic N) is 2. The minimum absolute atomic E-state index is 0.402. The monoisotopic (exact) mass is 369 g/mol. The van der Waals surface area contributed by atoms with Gasteiger partial charge in [0.15, 0.2) is 0 Å². The SMILES string of the molecule is Cc1ccc(Br)cc1-n1c(N)nc2cc(Cl)c(Cl)cc21. The molecule has 3 rings (SSSR count). The Kier molecular flexibility index (Phi) is 3.40. The average Bonchev–Trinajstić information content (AvgIpc) is 2.69. The summed E-state index contributed by atoms with van der Waals surface area (Å²) in [6.07, 6.45) is 0. The maximum Gasteiger partial charge on any atom is 0.205 e. The number of aryl methyl sites for hydroxylation is 1. The average molecular weight is 371 g/mol. The molecule has 0 saturated heterocycles. The van der Waals surface area contributed by atoms with Gasteiger partial charge in [0.1, 0.15) is 0 Å². The lowest BCUT2D eigenvalue weighted by molar-refractivity contribution is 1.09. The topological polar surface area (TPSA) is 43.8 Å². The number of benzene rings is 2. The summed E-state index contributed by atoms with van der Waals surface area (Å²) in [5.41, 5.74) is 9.65. The fourth-order valence-electron chi connectivity index (χ4n) is 2.17. The normalized spacial score (nSPS) is 11.2. The zero-order valence-corrected chi connectivity index (χ0v) is 13.6. The zero-order chi connectivity index (χ0) is 14.4. The van der Waals surface area contributed by atoms with Gasteiger partial charge in [0.25, 0.3) is 0 Å². The van der Waals surface area contributed by atoms with E-state index < -0.39 is 0 Å². The summed E-state index contributed by atoms with van der Waals surface area (Å²) in [5.74, 6) is 0.402. The van der Waals surface area contributed by atoms with E-state index in [1.54, 1.807) is 12.1 Å². The lowest BCUT2D eigenvalue weighted by Gasteiger charge is -2.11. The predicted molar refractivity (Wildman–Crippen MR) is 87.9 cm³/mol. The molecule has 0 atom stereocenters. The number of hydrogen-bond donors (Lipinski definition) is 1. The van der Waals surface area contributed by atoms with Crippen LogP contribution in [-0.4, -0.2) is 9.55 Å². The first-order chi connectivity index (χ1) is 9.47. The summed E-state index contributed by atoms with van der Waals surface area (Å²) < 4.78 is 2.84. The molecule has 20 heavy (non-hydrogen) atoms. The van der Waals surface area contributed by atoms with Crippen molar-refractivity contribution in [1.29, 1.82) is 0 Å². The van der Waals surface area contributed by atoms with Crippen LogP contribution in [0.15, 0.2) is 34.8 Å². The van der Waals surface area contributed by atoms with Crippen molar-refractivity contribution in [2.45, 2.75) is 6.92 Å². The van der Waals surface area contributed by atoms with E-state index >= 15 is 0 Å². The Morgan fingerprint density at radius 2 is 1.85 bits per heavy atom. The van der Waals surface area contributed by atoms with Crippen LogP contribution in [0.5, 0.6) is 0 Å². The first-order valence-electron chi connectivity index (χ1n) is 5.87. The van der Waals surface area contributed by atoms with Crippen LogP contribution >= 0.6 is 39.1 Å². The van der Waals surface area contributed by atoms with Gasteiger partial charge in [-0.3, -0.25) is 4.57 Å². The molecule has 3 aromatic rings. The van der Waals surface area contributed by atoms with Gasteiger partial charge in [0.2, 0.25) is 5.95 Å². The Balaban J connectivity index is 2.38. The second-order valence-electron chi connectivity index (χ2n) is 4.49. The molecule has 0 spiro atoms. The van der Waals surface area contributed by atoms with Gasteiger partial charge < -0.3 is 5.73 Å². The molecule has 3 nitrogen and oxygen atoms in total. The third-order valence-electron chi connectivity index (χ3n) is 3.13.